The molecule has 0 radical (unpaired) electrons. The third kappa shape index (κ3) is 3.97. The molecule has 6 nitrogen and oxygen atoms in total. The zero-order valence-electron chi connectivity index (χ0n) is 9.93. The number of rotatable bonds is 4. The van der Waals surface area contributed by atoms with Crippen molar-refractivity contribution in [2.45, 2.75) is 6.92 Å². The predicted molar refractivity (Wildman–Crippen MR) is 67.9 cm³/mol. The minimum Gasteiger partial charge on any atom is -0.375 e. The molecule has 1 rings (SSSR count). The van der Waals surface area contributed by atoms with E-state index in [4.69, 9.17) is 5.73 Å². The third-order valence-electron chi connectivity index (χ3n) is 2.15. The van der Waals surface area contributed by atoms with Gasteiger partial charge in [0, 0.05) is 19.8 Å². The van der Waals surface area contributed by atoms with E-state index < -0.39 is 9.84 Å². The van der Waals surface area contributed by atoms with Crippen LogP contribution >= 0.6 is 11.3 Å². The predicted octanol–water partition coefficient (Wildman–Crippen LogP) is 0.150. The molecule has 0 spiro atoms. The lowest BCUT2D eigenvalue weighted by Gasteiger charge is -2.15. The second-order valence-corrected chi connectivity index (χ2v) is 7.11. The van der Waals surface area contributed by atoms with Crippen molar-refractivity contribution in [3.8, 4) is 0 Å². The molecule has 1 amide bonds. The molecule has 96 valence electrons. The molecule has 0 saturated heterocycles. The normalized spacial score (nSPS) is 11.5. The molecule has 0 aliphatic rings. The summed E-state index contributed by atoms with van der Waals surface area (Å²) in [7, 11) is -1.51. The number of carbonyl (C=O) groups excluding carboxylic acids is 1. The number of aromatic nitrogens is 1. The minimum absolute atomic E-state index is 0.0530. The highest BCUT2D eigenvalue weighted by atomic mass is 32.2. The molecule has 0 bridgehead atoms. The van der Waals surface area contributed by atoms with Crippen molar-refractivity contribution >= 4 is 32.2 Å². The fraction of sp³-hybridized carbons (Fsp3) is 0.556. The molecule has 1 aromatic rings. The number of carbonyl (C=O) groups is 1. The van der Waals surface area contributed by atoms with Gasteiger partial charge >= 0.3 is 0 Å². The number of hydrogen-bond donors (Lipinski definition) is 1. The lowest BCUT2D eigenvalue weighted by Crippen LogP contribution is -2.31. The standard InChI is InChI=1S/C9H15N3O3S2/c1-6-7(16-9(10)11-6)8(13)12(2)4-5-17(3,14)15/h4-5H2,1-3H3,(H2,10,11). The Morgan fingerprint density at radius 3 is 2.53 bits per heavy atom. The summed E-state index contributed by atoms with van der Waals surface area (Å²) < 4.78 is 22.0. The smallest absolute Gasteiger partial charge is 0.265 e. The molecule has 0 aliphatic carbocycles. The molecule has 0 unspecified atom stereocenters. The Balaban J connectivity index is 2.74. The van der Waals surface area contributed by atoms with Crippen LogP contribution in [0.2, 0.25) is 0 Å². The highest BCUT2D eigenvalue weighted by Crippen LogP contribution is 2.20. The van der Waals surface area contributed by atoms with Gasteiger partial charge in [0.2, 0.25) is 0 Å². The Hall–Kier alpha value is -1.15. The van der Waals surface area contributed by atoms with Crippen LogP contribution in [0.4, 0.5) is 5.13 Å². The monoisotopic (exact) mass is 277 g/mol. The van der Waals surface area contributed by atoms with Crippen molar-refractivity contribution in [1.82, 2.24) is 9.88 Å². The van der Waals surface area contributed by atoms with Crippen LogP contribution in [0.5, 0.6) is 0 Å². The van der Waals surface area contributed by atoms with Crippen LogP contribution in [-0.4, -0.2) is 49.8 Å². The second-order valence-electron chi connectivity index (χ2n) is 3.82. The van der Waals surface area contributed by atoms with Gasteiger partial charge in [-0.3, -0.25) is 4.79 Å². The molecule has 17 heavy (non-hydrogen) atoms. The first kappa shape index (κ1) is 13.9. The summed E-state index contributed by atoms with van der Waals surface area (Å²) in [5.41, 5.74) is 6.07. The first-order chi connectivity index (χ1) is 7.70. The van der Waals surface area contributed by atoms with E-state index in [1.165, 1.54) is 4.90 Å². The van der Waals surface area contributed by atoms with E-state index >= 15 is 0 Å². The lowest BCUT2D eigenvalue weighted by atomic mass is 10.3. The molecule has 0 aromatic carbocycles. The molecule has 1 heterocycles. The maximum atomic E-state index is 11.9. The van der Waals surface area contributed by atoms with E-state index in [0.29, 0.717) is 15.7 Å². The number of amides is 1. The number of aryl methyl sites for hydroxylation is 1. The Kier molecular flexibility index (Phi) is 4.10. The zero-order chi connectivity index (χ0) is 13.2. The first-order valence-corrected chi connectivity index (χ1v) is 7.74. The molecule has 2 N–H and O–H groups in total. The van der Waals surface area contributed by atoms with E-state index in [1.54, 1.807) is 14.0 Å². The highest BCUT2D eigenvalue weighted by Gasteiger charge is 2.19. The van der Waals surface area contributed by atoms with Crippen molar-refractivity contribution in [2.24, 2.45) is 0 Å². The molecule has 0 fully saturated rings. The van der Waals surface area contributed by atoms with Crippen molar-refractivity contribution in [3.05, 3.63) is 10.6 Å². The van der Waals surface area contributed by atoms with Crippen LogP contribution in [-0.2, 0) is 9.84 Å². The van der Waals surface area contributed by atoms with Crippen LogP contribution in [0, 0.1) is 6.92 Å². The molecule has 8 heteroatoms. The average Bonchev–Trinajstić information content (AvgIpc) is 2.52. The first-order valence-electron chi connectivity index (χ1n) is 4.87. The number of hydrogen-bond acceptors (Lipinski definition) is 6. The van der Waals surface area contributed by atoms with Gasteiger partial charge in [-0.25, -0.2) is 13.4 Å². The second kappa shape index (κ2) is 5.01. The quantitative estimate of drug-likeness (QED) is 0.845. The van der Waals surface area contributed by atoms with Crippen LogP contribution in [0.3, 0.4) is 0 Å². The van der Waals surface area contributed by atoms with Crippen LogP contribution in [0.25, 0.3) is 0 Å². The van der Waals surface area contributed by atoms with E-state index in [0.717, 1.165) is 17.6 Å². The van der Waals surface area contributed by atoms with Gasteiger partial charge in [0.25, 0.3) is 5.91 Å². The summed E-state index contributed by atoms with van der Waals surface area (Å²) >= 11 is 1.11. The molecule has 1 aromatic heterocycles. The number of nitrogens with two attached hydrogens (primary N) is 1. The zero-order valence-corrected chi connectivity index (χ0v) is 11.6. The summed E-state index contributed by atoms with van der Waals surface area (Å²) in [5.74, 6) is -0.303. The summed E-state index contributed by atoms with van der Waals surface area (Å²) in [6.07, 6.45) is 1.14. The fourth-order valence-corrected chi connectivity index (χ4v) is 2.63. The fourth-order valence-electron chi connectivity index (χ4n) is 1.19. The Morgan fingerprint density at radius 2 is 2.12 bits per heavy atom. The van der Waals surface area contributed by atoms with Gasteiger partial charge in [-0.15, -0.1) is 0 Å². The number of thiazole rings is 1. The number of nitrogens with zero attached hydrogens (tertiary/aromatic N) is 2. The van der Waals surface area contributed by atoms with E-state index in [9.17, 15) is 13.2 Å². The lowest BCUT2D eigenvalue weighted by molar-refractivity contribution is 0.0807. The van der Waals surface area contributed by atoms with Crippen molar-refractivity contribution < 1.29 is 13.2 Å². The van der Waals surface area contributed by atoms with E-state index in [1.807, 2.05) is 0 Å². The van der Waals surface area contributed by atoms with Crippen LogP contribution in [0.1, 0.15) is 15.4 Å². The van der Waals surface area contributed by atoms with Gasteiger partial charge in [-0.2, -0.15) is 0 Å². The summed E-state index contributed by atoms with van der Waals surface area (Å²) in [6.45, 7) is 1.86. The van der Waals surface area contributed by atoms with Gasteiger partial charge in [0.05, 0.1) is 11.4 Å². The van der Waals surface area contributed by atoms with Gasteiger partial charge in [-0.1, -0.05) is 11.3 Å². The molecule has 0 saturated carbocycles. The largest absolute Gasteiger partial charge is 0.375 e. The topological polar surface area (TPSA) is 93.4 Å². The average molecular weight is 277 g/mol. The van der Waals surface area contributed by atoms with Crippen molar-refractivity contribution in [1.29, 1.82) is 0 Å². The molecule has 0 atom stereocenters. The number of anilines is 1. The summed E-state index contributed by atoms with van der Waals surface area (Å²) in [4.78, 5) is 17.7. The van der Waals surface area contributed by atoms with Crippen LogP contribution in [0.15, 0.2) is 0 Å². The molecular formula is C9H15N3O3S2. The maximum Gasteiger partial charge on any atom is 0.265 e. The van der Waals surface area contributed by atoms with Gasteiger partial charge in [0.15, 0.2) is 5.13 Å². The molecular weight excluding hydrogens is 262 g/mol. The maximum absolute atomic E-state index is 11.9. The number of nitrogen functional groups attached to an aromatic ring is 1. The summed E-state index contributed by atoms with van der Waals surface area (Å²) in [5, 5.41) is 0.336. The van der Waals surface area contributed by atoms with E-state index in [-0.39, 0.29) is 18.2 Å². The third-order valence-corrected chi connectivity index (χ3v) is 4.05. The van der Waals surface area contributed by atoms with Crippen molar-refractivity contribution in [3.63, 3.8) is 0 Å². The number of sulfone groups is 1. The summed E-state index contributed by atoms with van der Waals surface area (Å²) in [6, 6.07) is 0. The van der Waals surface area contributed by atoms with E-state index in [2.05, 4.69) is 4.98 Å². The van der Waals surface area contributed by atoms with Crippen LogP contribution < -0.4 is 5.73 Å². The molecule has 0 aliphatic heterocycles. The Morgan fingerprint density at radius 1 is 1.53 bits per heavy atom. The Bertz CT molecular complexity index is 522. The highest BCUT2D eigenvalue weighted by molar-refractivity contribution is 7.90. The van der Waals surface area contributed by atoms with Gasteiger partial charge in [0.1, 0.15) is 14.7 Å². The Labute approximate surface area is 104 Å². The van der Waals surface area contributed by atoms with Crippen molar-refractivity contribution in [2.75, 3.05) is 31.3 Å². The van der Waals surface area contributed by atoms with Gasteiger partial charge in [-0.05, 0) is 6.92 Å². The minimum atomic E-state index is -3.07. The SMILES string of the molecule is Cc1nc(N)sc1C(=O)N(C)CCS(C)(=O)=O. The van der Waals surface area contributed by atoms with Gasteiger partial charge < -0.3 is 10.6 Å².